The Morgan fingerprint density at radius 3 is 2.57 bits per heavy atom. The molecule has 0 fully saturated rings. The lowest BCUT2D eigenvalue weighted by Gasteiger charge is -2.06. The van der Waals surface area contributed by atoms with E-state index in [1.54, 1.807) is 22.7 Å². The van der Waals surface area contributed by atoms with Crippen LogP contribution in [0.3, 0.4) is 0 Å². The molecule has 0 aliphatic carbocycles. The fraction of sp³-hybridized carbons (Fsp3) is 0.318. The van der Waals surface area contributed by atoms with E-state index >= 15 is 0 Å². The molecule has 0 radical (unpaired) electrons. The van der Waals surface area contributed by atoms with Crippen LogP contribution in [-0.2, 0) is 11.2 Å². The van der Waals surface area contributed by atoms with Gasteiger partial charge in [0.15, 0.2) is 5.78 Å². The van der Waals surface area contributed by atoms with Crippen LogP contribution in [0.4, 0.5) is 0 Å². The number of benzene rings is 1. The van der Waals surface area contributed by atoms with E-state index in [-0.39, 0.29) is 24.5 Å². The molecular formula is C22H24N2O2S2. The van der Waals surface area contributed by atoms with Crippen molar-refractivity contribution in [1.82, 2.24) is 10.3 Å². The van der Waals surface area contributed by atoms with E-state index in [2.05, 4.69) is 27.8 Å². The molecule has 3 rings (SSSR count). The van der Waals surface area contributed by atoms with Crippen molar-refractivity contribution in [3.63, 3.8) is 0 Å². The summed E-state index contributed by atoms with van der Waals surface area (Å²) in [5.41, 5.74) is 3.96. The van der Waals surface area contributed by atoms with Crippen molar-refractivity contribution in [2.75, 3.05) is 6.54 Å². The zero-order valence-corrected chi connectivity index (χ0v) is 18.0. The SMILES string of the molecule is Cc1nc(-c2ccc(CCNC(=O)CCC(=O)c3ccc(C)c(C)c3)s2)cs1. The summed E-state index contributed by atoms with van der Waals surface area (Å²) in [5.74, 6) is -0.0659. The third-order valence-corrected chi connectivity index (χ3v) is 6.58. The molecule has 1 aromatic carbocycles. The van der Waals surface area contributed by atoms with Gasteiger partial charge in [-0.15, -0.1) is 22.7 Å². The van der Waals surface area contributed by atoms with Gasteiger partial charge in [0.05, 0.1) is 15.6 Å². The number of nitrogens with zero attached hydrogens (tertiary/aromatic N) is 1. The topological polar surface area (TPSA) is 59.1 Å². The van der Waals surface area contributed by atoms with Crippen molar-refractivity contribution in [3.8, 4) is 10.6 Å². The summed E-state index contributed by atoms with van der Waals surface area (Å²) < 4.78 is 0. The fourth-order valence-electron chi connectivity index (χ4n) is 2.83. The van der Waals surface area contributed by atoms with Gasteiger partial charge >= 0.3 is 0 Å². The van der Waals surface area contributed by atoms with Gasteiger partial charge in [0, 0.05) is 35.2 Å². The number of carbonyl (C=O) groups excluding carboxylic acids is 2. The van der Waals surface area contributed by atoms with Gasteiger partial charge in [-0.25, -0.2) is 4.98 Å². The standard InChI is InChI=1S/C22H24N2O2S2/c1-14-4-5-17(12-15(14)2)20(25)7-9-22(26)23-11-10-18-6-8-21(28-18)19-13-27-16(3)24-19/h4-6,8,12-13H,7,9-11H2,1-3H3,(H,23,26). The second kappa shape index (κ2) is 9.26. The first kappa shape index (κ1) is 20.4. The van der Waals surface area contributed by atoms with Crippen LogP contribution in [0, 0.1) is 20.8 Å². The summed E-state index contributed by atoms with van der Waals surface area (Å²) in [6.45, 7) is 6.59. The minimum atomic E-state index is -0.0795. The lowest BCUT2D eigenvalue weighted by Crippen LogP contribution is -2.25. The summed E-state index contributed by atoms with van der Waals surface area (Å²) in [6.07, 6.45) is 1.24. The smallest absolute Gasteiger partial charge is 0.220 e. The van der Waals surface area contributed by atoms with Gasteiger partial charge in [-0.05, 0) is 56.5 Å². The second-order valence-corrected chi connectivity index (χ2v) is 9.07. The number of carbonyl (C=O) groups is 2. The van der Waals surface area contributed by atoms with Crippen LogP contribution in [0.15, 0.2) is 35.7 Å². The maximum atomic E-state index is 12.3. The molecule has 2 aromatic heterocycles. The van der Waals surface area contributed by atoms with E-state index < -0.39 is 0 Å². The van der Waals surface area contributed by atoms with Gasteiger partial charge in [-0.1, -0.05) is 12.1 Å². The minimum Gasteiger partial charge on any atom is -0.356 e. The number of rotatable bonds is 8. The Balaban J connectivity index is 1.41. The van der Waals surface area contributed by atoms with Crippen molar-refractivity contribution < 1.29 is 9.59 Å². The molecule has 3 aromatic rings. The van der Waals surface area contributed by atoms with E-state index in [0.717, 1.165) is 33.1 Å². The predicted octanol–water partition coefficient (Wildman–Crippen LogP) is 5.12. The first-order chi connectivity index (χ1) is 13.4. The molecule has 0 bridgehead atoms. The van der Waals surface area contributed by atoms with Crippen LogP contribution in [0.25, 0.3) is 10.6 Å². The van der Waals surface area contributed by atoms with Crippen LogP contribution in [-0.4, -0.2) is 23.2 Å². The molecule has 1 amide bonds. The maximum Gasteiger partial charge on any atom is 0.220 e. The largest absolute Gasteiger partial charge is 0.356 e. The van der Waals surface area contributed by atoms with Gasteiger partial charge in [0.2, 0.25) is 5.91 Å². The number of aryl methyl sites for hydroxylation is 3. The number of hydrogen-bond acceptors (Lipinski definition) is 5. The second-order valence-electron chi connectivity index (χ2n) is 6.84. The van der Waals surface area contributed by atoms with Crippen molar-refractivity contribution in [2.45, 2.75) is 40.0 Å². The molecular weight excluding hydrogens is 388 g/mol. The Kier molecular flexibility index (Phi) is 6.75. The summed E-state index contributed by atoms with van der Waals surface area (Å²) in [7, 11) is 0. The highest BCUT2D eigenvalue weighted by Crippen LogP contribution is 2.29. The first-order valence-corrected chi connectivity index (χ1v) is 11.0. The lowest BCUT2D eigenvalue weighted by molar-refractivity contribution is -0.121. The molecule has 0 saturated heterocycles. The number of ketones is 1. The van der Waals surface area contributed by atoms with E-state index in [9.17, 15) is 9.59 Å². The van der Waals surface area contributed by atoms with Crippen LogP contribution in [0.1, 0.15) is 44.2 Å². The van der Waals surface area contributed by atoms with E-state index in [0.29, 0.717) is 12.1 Å². The summed E-state index contributed by atoms with van der Waals surface area (Å²) in [4.78, 5) is 31.2. The summed E-state index contributed by atoms with van der Waals surface area (Å²) in [5, 5.41) is 6.04. The van der Waals surface area contributed by atoms with Gasteiger partial charge < -0.3 is 5.32 Å². The lowest BCUT2D eigenvalue weighted by atomic mass is 10.0. The van der Waals surface area contributed by atoms with E-state index in [4.69, 9.17) is 0 Å². The zero-order valence-electron chi connectivity index (χ0n) is 16.4. The van der Waals surface area contributed by atoms with Gasteiger partial charge in [-0.3, -0.25) is 9.59 Å². The fourth-order valence-corrected chi connectivity index (χ4v) is 4.48. The molecule has 0 spiro atoms. The molecule has 4 nitrogen and oxygen atoms in total. The van der Waals surface area contributed by atoms with Crippen LogP contribution >= 0.6 is 22.7 Å². The summed E-state index contributed by atoms with van der Waals surface area (Å²) in [6, 6.07) is 9.85. The van der Waals surface area contributed by atoms with Crippen molar-refractivity contribution in [2.24, 2.45) is 0 Å². The van der Waals surface area contributed by atoms with E-state index in [1.165, 1.54) is 4.88 Å². The van der Waals surface area contributed by atoms with Gasteiger partial charge in [0.25, 0.3) is 0 Å². The molecule has 146 valence electrons. The predicted molar refractivity (Wildman–Crippen MR) is 116 cm³/mol. The Bertz CT molecular complexity index is 988. The highest BCUT2D eigenvalue weighted by atomic mass is 32.1. The Labute approximate surface area is 173 Å². The highest BCUT2D eigenvalue weighted by molar-refractivity contribution is 7.16. The van der Waals surface area contributed by atoms with Gasteiger partial charge in [0.1, 0.15) is 0 Å². The van der Waals surface area contributed by atoms with Crippen molar-refractivity contribution in [1.29, 1.82) is 0 Å². The Morgan fingerprint density at radius 1 is 1.04 bits per heavy atom. The van der Waals surface area contributed by atoms with Gasteiger partial charge in [-0.2, -0.15) is 0 Å². The third kappa shape index (κ3) is 5.36. The number of Topliss-reactive ketones (excluding diaryl/α,β-unsaturated/α-hetero) is 1. The number of hydrogen-bond donors (Lipinski definition) is 1. The Hall–Kier alpha value is -2.31. The molecule has 0 saturated carbocycles. The van der Waals surface area contributed by atoms with Crippen LogP contribution in [0.5, 0.6) is 0 Å². The molecule has 28 heavy (non-hydrogen) atoms. The molecule has 0 aliphatic rings. The average molecular weight is 413 g/mol. The normalized spacial score (nSPS) is 10.8. The number of thiazole rings is 1. The first-order valence-electron chi connectivity index (χ1n) is 9.31. The molecule has 2 heterocycles. The number of thiophene rings is 1. The molecule has 1 N–H and O–H groups in total. The molecule has 0 aliphatic heterocycles. The van der Waals surface area contributed by atoms with Crippen molar-refractivity contribution >= 4 is 34.4 Å². The summed E-state index contributed by atoms with van der Waals surface area (Å²) >= 11 is 3.36. The molecule has 0 atom stereocenters. The minimum absolute atomic E-state index is 0.0136. The molecule has 6 heteroatoms. The third-order valence-electron chi connectivity index (χ3n) is 4.63. The van der Waals surface area contributed by atoms with Crippen LogP contribution in [0.2, 0.25) is 0 Å². The van der Waals surface area contributed by atoms with Crippen LogP contribution < -0.4 is 5.32 Å². The Morgan fingerprint density at radius 2 is 1.86 bits per heavy atom. The number of aromatic nitrogens is 1. The monoisotopic (exact) mass is 412 g/mol. The zero-order chi connectivity index (χ0) is 20.1. The highest BCUT2D eigenvalue weighted by Gasteiger charge is 2.11. The van der Waals surface area contributed by atoms with Crippen molar-refractivity contribution in [3.05, 3.63) is 62.3 Å². The molecule has 0 unspecified atom stereocenters. The number of amides is 1. The quantitative estimate of drug-likeness (QED) is 0.523. The average Bonchev–Trinajstić information content (AvgIpc) is 3.31. The van der Waals surface area contributed by atoms with E-state index in [1.807, 2.05) is 39.0 Å². The maximum absolute atomic E-state index is 12.3. The number of nitrogens with one attached hydrogen (secondary N) is 1.